The van der Waals surface area contributed by atoms with Crippen LogP contribution in [0.15, 0.2) is 48.5 Å². The van der Waals surface area contributed by atoms with Crippen LogP contribution in [0.3, 0.4) is 0 Å². The Labute approximate surface area is 118 Å². The van der Waals surface area contributed by atoms with Gasteiger partial charge < -0.3 is 5.73 Å². The number of hydrogen-bond acceptors (Lipinski definition) is 1. The fraction of sp³-hybridized carbons (Fsp3) is 0.333. The Hall–Kier alpha value is -1.76. The first kappa shape index (κ1) is 17.2. The topological polar surface area (TPSA) is 26.0 Å². The van der Waals surface area contributed by atoms with Gasteiger partial charge in [0.05, 0.1) is 0 Å². The monoisotopic (exact) mass is 257 g/mol. The minimum absolute atomic E-state index is 0.868. The lowest BCUT2D eigenvalue weighted by Crippen LogP contribution is -1.85. The fourth-order valence-electron chi connectivity index (χ4n) is 1.25. The van der Waals surface area contributed by atoms with Gasteiger partial charge in [-0.3, -0.25) is 0 Å². The molecule has 0 saturated carbocycles. The zero-order valence-corrected chi connectivity index (χ0v) is 12.9. The van der Waals surface area contributed by atoms with Crippen LogP contribution < -0.4 is 5.73 Å². The minimum atomic E-state index is 0.868. The van der Waals surface area contributed by atoms with Crippen molar-refractivity contribution in [1.29, 1.82) is 0 Å². The number of hydrogen-bond donors (Lipinski definition) is 1. The van der Waals surface area contributed by atoms with E-state index in [-0.39, 0.29) is 0 Å². The van der Waals surface area contributed by atoms with Gasteiger partial charge in [-0.1, -0.05) is 62.7 Å². The molecule has 2 aromatic carbocycles. The van der Waals surface area contributed by atoms with Crippen LogP contribution in [0.4, 0.5) is 5.69 Å². The van der Waals surface area contributed by atoms with Crippen LogP contribution in [0.5, 0.6) is 0 Å². The number of para-hydroxylation sites is 1. The van der Waals surface area contributed by atoms with Crippen molar-refractivity contribution in [2.45, 2.75) is 41.0 Å². The van der Waals surface area contributed by atoms with Crippen LogP contribution in [-0.4, -0.2) is 0 Å². The summed E-state index contributed by atoms with van der Waals surface area (Å²) in [5.41, 5.74) is 10.3. The standard InChI is InChI=1S/C8H10.C7H9N.C3H8/c1-7-5-3-4-6-8(7)2;1-6-4-2-3-5-7(6)8;1-3-2/h3-6H,1-2H3;2-5H,8H2,1H3;3H2,1-2H3. The number of nitrogens with two attached hydrogens (primary N) is 1. The summed E-state index contributed by atoms with van der Waals surface area (Å²) in [4.78, 5) is 0. The Morgan fingerprint density at radius 1 is 0.684 bits per heavy atom. The first-order valence-electron chi connectivity index (χ1n) is 6.86. The highest BCUT2D eigenvalue weighted by atomic mass is 14.5. The number of aryl methyl sites for hydroxylation is 3. The van der Waals surface area contributed by atoms with Crippen molar-refractivity contribution in [3.8, 4) is 0 Å². The van der Waals surface area contributed by atoms with E-state index in [4.69, 9.17) is 5.73 Å². The molecule has 1 nitrogen and oxygen atoms in total. The second-order valence-electron chi connectivity index (χ2n) is 4.65. The largest absolute Gasteiger partial charge is 0.399 e. The number of anilines is 1. The summed E-state index contributed by atoms with van der Waals surface area (Å²) in [7, 11) is 0. The molecule has 0 amide bonds. The van der Waals surface area contributed by atoms with Gasteiger partial charge in [0.1, 0.15) is 0 Å². The van der Waals surface area contributed by atoms with Crippen molar-refractivity contribution in [2.75, 3.05) is 5.73 Å². The maximum absolute atomic E-state index is 5.52. The Kier molecular flexibility index (Phi) is 9.25. The molecule has 0 heterocycles. The lowest BCUT2D eigenvalue weighted by atomic mass is 10.1. The van der Waals surface area contributed by atoms with Crippen LogP contribution in [0.1, 0.15) is 37.0 Å². The summed E-state index contributed by atoms with van der Waals surface area (Å²) in [6.45, 7) is 10.5. The molecule has 0 aromatic heterocycles. The number of benzene rings is 2. The molecule has 104 valence electrons. The lowest BCUT2D eigenvalue weighted by molar-refractivity contribution is 1.09. The van der Waals surface area contributed by atoms with Gasteiger partial charge in [-0.15, -0.1) is 0 Å². The van der Waals surface area contributed by atoms with Crippen LogP contribution >= 0.6 is 0 Å². The molecule has 0 atom stereocenters. The summed E-state index contributed by atoms with van der Waals surface area (Å²) < 4.78 is 0. The van der Waals surface area contributed by atoms with Crippen molar-refractivity contribution in [1.82, 2.24) is 0 Å². The zero-order valence-electron chi connectivity index (χ0n) is 12.9. The second-order valence-corrected chi connectivity index (χ2v) is 4.65. The van der Waals surface area contributed by atoms with Gasteiger partial charge in [-0.25, -0.2) is 0 Å². The van der Waals surface area contributed by atoms with Gasteiger partial charge in [-0.05, 0) is 43.5 Å². The lowest BCUT2D eigenvalue weighted by Gasteiger charge is -1.93. The first-order valence-corrected chi connectivity index (χ1v) is 6.86. The van der Waals surface area contributed by atoms with E-state index in [0.717, 1.165) is 11.3 Å². The molecule has 2 N–H and O–H groups in total. The Morgan fingerprint density at radius 2 is 1.00 bits per heavy atom. The second kappa shape index (κ2) is 10.2. The maximum atomic E-state index is 5.52. The normalized spacial score (nSPS) is 8.68. The Balaban J connectivity index is 0.000000284. The summed E-state index contributed by atoms with van der Waals surface area (Å²) in [6, 6.07) is 16.2. The van der Waals surface area contributed by atoms with E-state index < -0.39 is 0 Å². The van der Waals surface area contributed by atoms with Crippen LogP contribution in [0.2, 0.25) is 0 Å². The van der Waals surface area contributed by atoms with Gasteiger partial charge in [-0.2, -0.15) is 0 Å². The van der Waals surface area contributed by atoms with Crippen molar-refractivity contribution in [2.24, 2.45) is 0 Å². The summed E-state index contributed by atoms with van der Waals surface area (Å²) in [5, 5.41) is 0. The fourth-order valence-corrected chi connectivity index (χ4v) is 1.25. The molecule has 0 aliphatic carbocycles. The molecule has 0 bridgehead atoms. The molecule has 0 saturated heterocycles. The van der Waals surface area contributed by atoms with Crippen LogP contribution in [-0.2, 0) is 0 Å². The van der Waals surface area contributed by atoms with Crippen molar-refractivity contribution in [3.05, 3.63) is 65.2 Å². The Bertz CT molecular complexity index is 375. The molecule has 0 aliphatic heterocycles. The van der Waals surface area contributed by atoms with Gasteiger partial charge in [0, 0.05) is 5.69 Å². The molecule has 1 heteroatoms. The van der Waals surface area contributed by atoms with Crippen molar-refractivity contribution in [3.63, 3.8) is 0 Å². The van der Waals surface area contributed by atoms with Gasteiger partial charge in [0.2, 0.25) is 0 Å². The molecule has 0 spiro atoms. The molecule has 2 rings (SSSR count). The van der Waals surface area contributed by atoms with E-state index in [2.05, 4.69) is 52.0 Å². The van der Waals surface area contributed by atoms with E-state index >= 15 is 0 Å². The maximum Gasteiger partial charge on any atom is 0.0343 e. The third-order valence-corrected chi connectivity index (χ3v) is 2.61. The van der Waals surface area contributed by atoms with Gasteiger partial charge in [0.15, 0.2) is 0 Å². The zero-order chi connectivity index (χ0) is 14.7. The number of rotatable bonds is 0. The molecule has 0 fully saturated rings. The third kappa shape index (κ3) is 8.04. The quantitative estimate of drug-likeness (QED) is 0.637. The minimum Gasteiger partial charge on any atom is -0.399 e. The van der Waals surface area contributed by atoms with Crippen molar-refractivity contribution < 1.29 is 0 Å². The highest BCUT2D eigenvalue weighted by Gasteiger charge is 1.84. The highest BCUT2D eigenvalue weighted by molar-refractivity contribution is 5.44. The molecule has 0 aliphatic rings. The predicted octanol–water partition coefficient (Wildman–Crippen LogP) is 5.30. The Morgan fingerprint density at radius 3 is 1.21 bits per heavy atom. The van der Waals surface area contributed by atoms with E-state index in [0.29, 0.717) is 0 Å². The number of nitrogen functional groups attached to an aromatic ring is 1. The summed E-state index contributed by atoms with van der Waals surface area (Å²) in [6.07, 6.45) is 1.25. The smallest absolute Gasteiger partial charge is 0.0343 e. The average molecular weight is 257 g/mol. The summed E-state index contributed by atoms with van der Waals surface area (Å²) >= 11 is 0. The molecular weight excluding hydrogens is 230 g/mol. The van der Waals surface area contributed by atoms with E-state index in [1.807, 2.05) is 31.2 Å². The van der Waals surface area contributed by atoms with E-state index in [1.54, 1.807) is 0 Å². The predicted molar refractivity (Wildman–Crippen MR) is 87.5 cm³/mol. The van der Waals surface area contributed by atoms with Crippen LogP contribution in [0.25, 0.3) is 0 Å². The van der Waals surface area contributed by atoms with Crippen molar-refractivity contribution >= 4 is 5.69 Å². The highest BCUT2D eigenvalue weighted by Crippen LogP contribution is 2.06. The summed E-state index contributed by atoms with van der Waals surface area (Å²) in [5.74, 6) is 0. The molecule has 19 heavy (non-hydrogen) atoms. The van der Waals surface area contributed by atoms with E-state index in [9.17, 15) is 0 Å². The van der Waals surface area contributed by atoms with Crippen LogP contribution in [0, 0.1) is 20.8 Å². The molecular formula is C18H27N. The SMILES string of the molecule is CCC.Cc1ccccc1C.Cc1ccccc1N. The molecule has 0 unspecified atom stereocenters. The molecule has 0 radical (unpaired) electrons. The van der Waals surface area contributed by atoms with E-state index in [1.165, 1.54) is 17.5 Å². The van der Waals surface area contributed by atoms with Gasteiger partial charge in [0.25, 0.3) is 0 Å². The third-order valence-electron chi connectivity index (χ3n) is 2.61. The first-order chi connectivity index (χ1) is 9.02. The van der Waals surface area contributed by atoms with Gasteiger partial charge >= 0.3 is 0 Å². The average Bonchev–Trinajstić information content (AvgIpc) is 2.38. The molecule has 2 aromatic rings.